The summed E-state index contributed by atoms with van der Waals surface area (Å²) in [5.41, 5.74) is 2.12. The van der Waals surface area contributed by atoms with Crippen molar-refractivity contribution in [2.45, 2.75) is 0 Å². The van der Waals surface area contributed by atoms with E-state index < -0.39 is 0 Å². The summed E-state index contributed by atoms with van der Waals surface area (Å²) in [6.45, 7) is -0.102. The Morgan fingerprint density at radius 2 is 1.53 bits per heavy atom. The molecule has 3 aromatic carbocycles. The van der Waals surface area contributed by atoms with Crippen LogP contribution < -0.4 is 14.8 Å². The lowest BCUT2D eigenvalue weighted by atomic mass is 10.1. The maximum Gasteiger partial charge on any atom is 0.262 e. The van der Waals surface area contributed by atoms with Crippen LogP contribution in [0.15, 0.2) is 83.3 Å². The molecule has 0 aromatic heterocycles. The molecule has 152 valence electrons. The van der Waals surface area contributed by atoms with E-state index in [9.17, 15) is 9.59 Å². The summed E-state index contributed by atoms with van der Waals surface area (Å²) in [6.07, 6.45) is 3.27. The van der Waals surface area contributed by atoms with Crippen LogP contribution in [0.25, 0.3) is 6.08 Å². The zero-order valence-electron chi connectivity index (χ0n) is 16.3. The molecule has 0 heterocycles. The predicted octanol–water partition coefficient (Wildman–Crippen LogP) is 5.37. The van der Waals surface area contributed by atoms with E-state index in [0.29, 0.717) is 17.0 Å². The highest BCUT2D eigenvalue weighted by Gasteiger charge is 2.05. The maximum atomic E-state index is 12.2. The van der Waals surface area contributed by atoms with Crippen molar-refractivity contribution in [3.8, 4) is 11.5 Å². The number of nitrogens with one attached hydrogen (secondary N) is 1. The molecule has 1 amide bonds. The van der Waals surface area contributed by atoms with Gasteiger partial charge in [-0.2, -0.15) is 0 Å². The number of amides is 1. The van der Waals surface area contributed by atoms with Gasteiger partial charge in [-0.25, -0.2) is 0 Å². The Balaban J connectivity index is 1.50. The smallest absolute Gasteiger partial charge is 0.262 e. The van der Waals surface area contributed by atoms with Crippen molar-refractivity contribution in [2.75, 3.05) is 19.0 Å². The average Bonchev–Trinajstić information content (AvgIpc) is 2.78. The van der Waals surface area contributed by atoms with Crippen LogP contribution in [-0.2, 0) is 4.79 Å². The van der Waals surface area contributed by atoms with Crippen LogP contribution in [0.5, 0.6) is 11.5 Å². The lowest BCUT2D eigenvalue weighted by Crippen LogP contribution is -2.20. The van der Waals surface area contributed by atoms with Crippen molar-refractivity contribution in [1.82, 2.24) is 0 Å². The maximum absolute atomic E-state index is 12.2. The molecule has 0 saturated carbocycles. The summed E-state index contributed by atoms with van der Waals surface area (Å²) in [5.74, 6) is 0.969. The molecule has 30 heavy (non-hydrogen) atoms. The summed E-state index contributed by atoms with van der Waals surface area (Å²) in [5, 5.41) is 2.77. The van der Waals surface area contributed by atoms with Crippen LogP contribution in [0.4, 0.5) is 5.69 Å². The molecular weight excluding hydrogens is 446 g/mol. The van der Waals surface area contributed by atoms with Gasteiger partial charge in [0.25, 0.3) is 5.91 Å². The van der Waals surface area contributed by atoms with Gasteiger partial charge in [0.05, 0.1) is 7.11 Å². The van der Waals surface area contributed by atoms with Crippen molar-refractivity contribution < 1.29 is 19.1 Å². The third-order valence-corrected chi connectivity index (χ3v) is 4.71. The second-order valence-electron chi connectivity index (χ2n) is 6.34. The lowest BCUT2D eigenvalue weighted by molar-refractivity contribution is -0.118. The van der Waals surface area contributed by atoms with Gasteiger partial charge in [0.1, 0.15) is 11.5 Å². The normalized spacial score (nSPS) is 10.6. The van der Waals surface area contributed by atoms with Crippen molar-refractivity contribution in [3.63, 3.8) is 0 Å². The number of anilines is 1. The van der Waals surface area contributed by atoms with Crippen LogP contribution in [0.2, 0.25) is 0 Å². The van der Waals surface area contributed by atoms with E-state index >= 15 is 0 Å². The molecule has 0 aliphatic rings. The van der Waals surface area contributed by atoms with Crippen molar-refractivity contribution >= 4 is 39.4 Å². The summed E-state index contributed by atoms with van der Waals surface area (Å²) in [7, 11) is 1.59. The van der Waals surface area contributed by atoms with E-state index in [-0.39, 0.29) is 18.3 Å². The highest BCUT2D eigenvalue weighted by Crippen LogP contribution is 2.17. The number of carbonyl (C=O) groups excluding carboxylic acids is 2. The van der Waals surface area contributed by atoms with Crippen LogP contribution >= 0.6 is 15.9 Å². The summed E-state index contributed by atoms with van der Waals surface area (Å²) in [6, 6.07) is 21.4. The molecular formula is C24H20BrNO4. The van der Waals surface area contributed by atoms with Gasteiger partial charge < -0.3 is 14.8 Å². The fourth-order valence-electron chi connectivity index (χ4n) is 2.58. The van der Waals surface area contributed by atoms with Gasteiger partial charge in [-0.15, -0.1) is 0 Å². The van der Waals surface area contributed by atoms with Gasteiger partial charge >= 0.3 is 0 Å². The third-order valence-electron chi connectivity index (χ3n) is 4.18. The standard InChI is InChI=1S/C24H20BrNO4/c1-29-21-11-13-22(14-12-21)30-16-24(28)26-20-9-2-17(3-10-20)4-15-23(27)18-5-7-19(25)8-6-18/h2-15H,16H2,1H3,(H,26,28)/b15-4+. The molecule has 0 spiro atoms. The summed E-state index contributed by atoms with van der Waals surface area (Å²) >= 11 is 3.35. The Labute approximate surface area is 183 Å². The highest BCUT2D eigenvalue weighted by atomic mass is 79.9. The van der Waals surface area contributed by atoms with E-state index in [1.165, 1.54) is 6.08 Å². The van der Waals surface area contributed by atoms with Gasteiger partial charge in [-0.05, 0) is 72.3 Å². The molecule has 3 aromatic rings. The monoisotopic (exact) mass is 465 g/mol. The van der Waals surface area contributed by atoms with E-state index in [1.807, 2.05) is 24.3 Å². The first kappa shape index (κ1) is 21.3. The number of carbonyl (C=O) groups is 2. The number of rotatable bonds is 8. The molecule has 3 rings (SSSR count). The van der Waals surface area contributed by atoms with Crippen molar-refractivity contribution in [1.29, 1.82) is 0 Å². The Kier molecular flexibility index (Phi) is 7.40. The molecule has 0 aliphatic carbocycles. The number of halogens is 1. The topological polar surface area (TPSA) is 64.6 Å². The molecule has 5 nitrogen and oxygen atoms in total. The molecule has 1 N–H and O–H groups in total. The quantitative estimate of drug-likeness (QED) is 0.358. The number of benzene rings is 3. The minimum Gasteiger partial charge on any atom is -0.497 e. The number of hydrogen-bond donors (Lipinski definition) is 1. The van der Waals surface area contributed by atoms with E-state index in [1.54, 1.807) is 61.7 Å². The lowest BCUT2D eigenvalue weighted by Gasteiger charge is -2.08. The van der Waals surface area contributed by atoms with Crippen molar-refractivity contribution in [2.24, 2.45) is 0 Å². The number of methoxy groups -OCH3 is 1. The minimum absolute atomic E-state index is 0.0736. The summed E-state index contributed by atoms with van der Waals surface area (Å²) in [4.78, 5) is 24.3. The van der Waals surface area contributed by atoms with Gasteiger partial charge in [-0.3, -0.25) is 9.59 Å². The third kappa shape index (κ3) is 6.32. The predicted molar refractivity (Wildman–Crippen MR) is 121 cm³/mol. The summed E-state index contributed by atoms with van der Waals surface area (Å²) < 4.78 is 11.5. The van der Waals surface area contributed by atoms with Crippen LogP contribution in [0.1, 0.15) is 15.9 Å². The van der Waals surface area contributed by atoms with E-state index in [2.05, 4.69) is 21.2 Å². The molecule has 0 radical (unpaired) electrons. The van der Waals surface area contributed by atoms with E-state index in [4.69, 9.17) is 9.47 Å². The molecule has 0 fully saturated rings. The van der Waals surface area contributed by atoms with Gasteiger partial charge in [0.2, 0.25) is 0 Å². The number of ketones is 1. The Bertz CT molecular complexity index is 1030. The fraction of sp³-hybridized carbons (Fsp3) is 0.0833. The second-order valence-corrected chi connectivity index (χ2v) is 7.25. The van der Waals surface area contributed by atoms with Gasteiger partial charge in [-0.1, -0.05) is 34.1 Å². The minimum atomic E-state index is -0.264. The van der Waals surface area contributed by atoms with Crippen LogP contribution in [0.3, 0.4) is 0 Å². The van der Waals surface area contributed by atoms with Crippen LogP contribution in [-0.4, -0.2) is 25.4 Å². The van der Waals surface area contributed by atoms with Gasteiger partial charge in [0.15, 0.2) is 12.4 Å². The first-order valence-corrected chi connectivity index (χ1v) is 9.97. The van der Waals surface area contributed by atoms with E-state index in [0.717, 1.165) is 15.8 Å². The molecule has 0 aliphatic heterocycles. The van der Waals surface area contributed by atoms with Crippen molar-refractivity contribution in [3.05, 3.63) is 94.5 Å². The first-order valence-electron chi connectivity index (χ1n) is 9.18. The Morgan fingerprint density at radius 1 is 0.900 bits per heavy atom. The zero-order valence-corrected chi connectivity index (χ0v) is 17.9. The first-order chi connectivity index (χ1) is 14.5. The molecule has 0 atom stereocenters. The Hall–Kier alpha value is -3.38. The largest absolute Gasteiger partial charge is 0.497 e. The Morgan fingerprint density at radius 3 is 2.17 bits per heavy atom. The fourth-order valence-corrected chi connectivity index (χ4v) is 2.84. The highest BCUT2D eigenvalue weighted by molar-refractivity contribution is 9.10. The number of ether oxygens (including phenoxy) is 2. The SMILES string of the molecule is COc1ccc(OCC(=O)Nc2ccc(/C=C/C(=O)c3ccc(Br)cc3)cc2)cc1. The zero-order chi connectivity index (χ0) is 21.3. The molecule has 0 bridgehead atoms. The number of allylic oxidation sites excluding steroid dienone is 1. The number of hydrogen-bond acceptors (Lipinski definition) is 4. The second kappa shape index (κ2) is 10.4. The molecule has 0 unspecified atom stereocenters. The molecule has 0 saturated heterocycles. The van der Waals surface area contributed by atoms with Gasteiger partial charge in [0, 0.05) is 15.7 Å². The average molecular weight is 466 g/mol. The van der Waals surface area contributed by atoms with Crippen LogP contribution in [0, 0.1) is 0 Å². The molecule has 6 heteroatoms.